The summed E-state index contributed by atoms with van der Waals surface area (Å²) in [6.45, 7) is 2.11. The molecule has 0 saturated carbocycles. The van der Waals surface area contributed by atoms with Crippen molar-refractivity contribution in [2.75, 3.05) is 11.8 Å². The molecule has 3 rings (SSSR count). The van der Waals surface area contributed by atoms with Gasteiger partial charge in [0.05, 0.1) is 30.4 Å². The maximum atomic E-state index is 12.4. The predicted molar refractivity (Wildman–Crippen MR) is 109 cm³/mol. The fourth-order valence-electron chi connectivity index (χ4n) is 2.59. The number of thiazole rings is 1. The molecule has 0 atom stereocenters. The lowest BCUT2D eigenvalue weighted by Gasteiger charge is -2.12. The van der Waals surface area contributed by atoms with E-state index in [4.69, 9.17) is 4.74 Å². The van der Waals surface area contributed by atoms with Gasteiger partial charge in [-0.25, -0.2) is 4.98 Å². The average Bonchev–Trinajstić information content (AvgIpc) is 3.16. The minimum Gasteiger partial charge on any atom is -0.495 e. The van der Waals surface area contributed by atoms with Crippen LogP contribution in [0.4, 0.5) is 18.9 Å². The summed E-state index contributed by atoms with van der Waals surface area (Å²) < 4.78 is 44.7. The highest BCUT2D eigenvalue weighted by atomic mass is 32.2. The lowest BCUT2D eigenvalue weighted by atomic mass is 10.1. The molecular weight excluding hydrogens is 407 g/mol. The van der Waals surface area contributed by atoms with Crippen molar-refractivity contribution in [1.82, 2.24) is 9.97 Å². The van der Waals surface area contributed by atoms with Gasteiger partial charge in [0.1, 0.15) is 10.8 Å². The second-order valence-electron chi connectivity index (χ2n) is 5.89. The van der Waals surface area contributed by atoms with Crippen LogP contribution in [0.3, 0.4) is 0 Å². The number of alkyl halides is 3. The molecule has 9 heteroatoms. The summed E-state index contributed by atoms with van der Waals surface area (Å²) in [4.78, 5) is 9.03. The molecule has 0 unspecified atom stereocenters. The Morgan fingerprint density at radius 3 is 2.71 bits per heavy atom. The smallest absolute Gasteiger partial charge is 0.461 e. The van der Waals surface area contributed by atoms with Gasteiger partial charge in [-0.2, -0.15) is 13.2 Å². The minimum absolute atomic E-state index is 0.252. The van der Waals surface area contributed by atoms with E-state index in [0.29, 0.717) is 5.75 Å². The van der Waals surface area contributed by atoms with Crippen molar-refractivity contribution in [3.63, 3.8) is 0 Å². The molecular formula is C19H18F3N3OS2. The van der Waals surface area contributed by atoms with E-state index >= 15 is 0 Å². The van der Waals surface area contributed by atoms with Crippen LogP contribution in [0, 0.1) is 0 Å². The van der Waals surface area contributed by atoms with E-state index in [1.807, 2.05) is 17.5 Å². The van der Waals surface area contributed by atoms with E-state index in [1.54, 1.807) is 24.4 Å². The fraction of sp³-hybridized carbons (Fsp3) is 0.263. The van der Waals surface area contributed by atoms with Crippen LogP contribution >= 0.6 is 23.3 Å². The summed E-state index contributed by atoms with van der Waals surface area (Å²) in [6, 6.07) is 8.90. The molecule has 0 amide bonds. The number of methoxy groups -OCH3 is 1. The molecule has 1 aromatic carbocycles. The number of nitrogens with one attached hydrogen (secondary N) is 1. The molecule has 0 radical (unpaired) electrons. The zero-order chi connectivity index (χ0) is 20.1. The zero-order valence-corrected chi connectivity index (χ0v) is 16.8. The summed E-state index contributed by atoms with van der Waals surface area (Å²) in [5.74, 6) is 0.318. The van der Waals surface area contributed by atoms with Gasteiger partial charge >= 0.3 is 5.51 Å². The van der Waals surface area contributed by atoms with Gasteiger partial charge in [0, 0.05) is 28.4 Å². The molecule has 0 aliphatic carbocycles. The number of anilines is 1. The number of benzene rings is 1. The first kappa shape index (κ1) is 20.5. The zero-order valence-electron chi connectivity index (χ0n) is 15.2. The number of aromatic nitrogens is 2. The van der Waals surface area contributed by atoms with Crippen LogP contribution in [0.1, 0.15) is 19.0 Å². The van der Waals surface area contributed by atoms with Crippen LogP contribution in [0.5, 0.6) is 5.75 Å². The van der Waals surface area contributed by atoms with Gasteiger partial charge in [0.15, 0.2) is 0 Å². The third-order valence-electron chi connectivity index (χ3n) is 3.85. The average molecular weight is 426 g/mol. The van der Waals surface area contributed by atoms with Crippen molar-refractivity contribution in [1.29, 1.82) is 0 Å². The third kappa shape index (κ3) is 5.17. The van der Waals surface area contributed by atoms with Gasteiger partial charge < -0.3 is 9.46 Å². The molecule has 2 heterocycles. The quantitative estimate of drug-likeness (QED) is 0.443. The van der Waals surface area contributed by atoms with Crippen molar-refractivity contribution >= 4 is 29.0 Å². The van der Waals surface area contributed by atoms with Gasteiger partial charge in [0.2, 0.25) is 0 Å². The molecule has 0 aliphatic heterocycles. The highest BCUT2D eigenvalue weighted by molar-refractivity contribution is 8.01. The van der Waals surface area contributed by atoms with E-state index in [9.17, 15) is 13.2 Å². The van der Waals surface area contributed by atoms with Crippen LogP contribution in [0.25, 0.3) is 21.8 Å². The van der Waals surface area contributed by atoms with Crippen molar-refractivity contribution < 1.29 is 17.9 Å². The standard InChI is InChI=1S/C19H18F3N3OS2/c1-3-4-14-9-13(7-8-23-14)18-24-16(11-27-18)12-5-6-15(17(10-12)26-2)25-28-19(20,21)22/h5-11,25H,3-4H2,1-2H3. The number of pyridine rings is 1. The summed E-state index contributed by atoms with van der Waals surface area (Å²) in [5.41, 5.74) is -0.596. The van der Waals surface area contributed by atoms with E-state index in [1.165, 1.54) is 18.4 Å². The Hall–Kier alpha value is -2.26. The molecule has 0 spiro atoms. The molecule has 4 nitrogen and oxygen atoms in total. The van der Waals surface area contributed by atoms with E-state index in [2.05, 4.69) is 21.6 Å². The van der Waals surface area contributed by atoms with Crippen LogP contribution < -0.4 is 9.46 Å². The van der Waals surface area contributed by atoms with Gasteiger partial charge in [0.25, 0.3) is 0 Å². The molecule has 1 N–H and O–H groups in total. The lowest BCUT2D eigenvalue weighted by Crippen LogP contribution is -2.05. The second-order valence-corrected chi connectivity index (χ2v) is 7.62. The summed E-state index contributed by atoms with van der Waals surface area (Å²) in [6.07, 6.45) is 3.71. The first-order valence-corrected chi connectivity index (χ1v) is 10.2. The number of hydrogen-bond donors (Lipinski definition) is 1. The molecule has 0 saturated heterocycles. The van der Waals surface area contributed by atoms with Crippen LogP contribution in [0.2, 0.25) is 0 Å². The minimum atomic E-state index is -4.38. The summed E-state index contributed by atoms with van der Waals surface area (Å²) in [5, 5.41) is 2.78. The fourth-order valence-corrected chi connectivity index (χ4v) is 3.81. The highest BCUT2D eigenvalue weighted by Gasteiger charge is 2.29. The molecule has 2 aromatic heterocycles. The van der Waals surface area contributed by atoms with E-state index < -0.39 is 5.51 Å². The Bertz CT molecular complexity index is 944. The summed E-state index contributed by atoms with van der Waals surface area (Å²) in [7, 11) is 1.42. The first-order chi connectivity index (χ1) is 13.4. The van der Waals surface area contributed by atoms with Gasteiger partial charge in [-0.3, -0.25) is 4.98 Å². The highest BCUT2D eigenvalue weighted by Crippen LogP contribution is 2.37. The predicted octanol–water partition coefficient (Wildman–Crippen LogP) is 6.41. The topological polar surface area (TPSA) is 47.0 Å². The lowest BCUT2D eigenvalue weighted by molar-refractivity contribution is -0.0323. The van der Waals surface area contributed by atoms with Gasteiger partial charge in [-0.1, -0.05) is 19.4 Å². The van der Waals surface area contributed by atoms with Crippen molar-refractivity contribution in [3.05, 3.63) is 47.6 Å². The number of hydrogen-bond acceptors (Lipinski definition) is 6. The Morgan fingerprint density at radius 1 is 1.18 bits per heavy atom. The van der Waals surface area contributed by atoms with Gasteiger partial charge in [-0.15, -0.1) is 11.3 Å². The number of aryl methyl sites for hydroxylation is 1. The summed E-state index contributed by atoms with van der Waals surface area (Å²) >= 11 is 1.18. The Labute approximate surface area is 169 Å². The molecule has 0 fully saturated rings. The SMILES string of the molecule is CCCc1cc(-c2nc(-c3ccc(NSC(F)(F)F)c(OC)c3)cs2)ccn1. The van der Waals surface area contributed by atoms with Crippen molar-refractivity contribution in [3.8, 4) is 27.6 Å². The Morgan fingerprint density at radius 2 is 2.00 bits per heavy atom. The normalized spacial score (nSPS) is 11.5. The van der Waals surface area contributed by atoms with Crippen LogP contribution in [-0.4, -0.2) is 22.6 Å². The number of nitrogens with zero attached hydrogens (tertiary/aromatic N) is 2. The maximum Gasteiger partial charge on any atom is 0.461 e. The van der Waals surface area contributed by atoms with Crippen LogP contribution in [0.15, 0.2) is 41.9 Å². The van der Waals surface area contributed by atoms with E-state index in [-0.39, 0.29) is 17.6 Å². The molecule has 3 aromatic rings. The third-order valence-corrected chi connectivity index (χ3v) is 5.29. The van der Waals surface area contributed by atoms with Crippen molar-refractivity contribution in [2.24, 2.45) is 0 Å². The number of ether oxygens (including phenoxy) is 1. The monoisotopic (exact) mass is 425 g/mol. The van der Waals surface area contributed by atoms with E-state index in [0.717, 1.165) is 40.4 Å². The first-order valence-electron chi connectivity index (χ1n) is 8.49. The molecule has 0 aliphatic rings. The molecule has 0 bridgehead atoms. The maximum absolute atomic E-state index is 12.4. The second kappa shape index (κ2) is 8.83. The Balaban J connectivity index is 1.84. The van der Waals surface area contributed by atoms with Crippen molar-refractivity contribution in [2.45, 2.75) is 25.3 Å². The van der Waals surface area contributed by atoms with Crippen LogP contribution in [-0.2, 0) is 6.42 Å². The largest absolute Gasteiger partial charge is 0.495 e. The molecule has 28 heavy (non-hydrogen) atoms. The molecule has 148 valence electrons. The van der Waals surface area contributed by atoms with Gasteiger partial charge in [-0.05, 0) is 30.7 Å². The number of rotatable bonds is 7. The number of halogens is 3. The Kier molecular flexibility index (Phi) is 6.46.